The second-order valence-electron chi connectivity index (χ2n) is 3.92. The fraction of sp³-hybridized carbons (Fsp3) is 0.143. The van der Waals surface area contributed by atoms with Gasteiger partial charge in [-0.05, 0) is 36.2 Å². The molecule has 1 aromatic carbocycles. The maximum Gasteiger partial charge on any atom is 0.335 e. The summed E-state index contributed by atoms with van der Waals surface area (Å²) >= 11 is 0. The quantitative estimate of drug-likeness (QED) is 0.845. The van der Waals surface area contributed by atoms with Crippen LogP contribution in [-0.4, -0.2) is 22.6 Å². The van der Waals surface area contributed by atoms with Crippen LogP contribution in [0.25, 0.3) is 0 Å². The second kappa shape index (κ2) is 5.82. The third-order valence-corrected chi connectivity index (χ3v) is 2.60. The molecule has 0 amide bonds. The highest BCUT2D eigenvalue weighted by atomic mass is 16.4. The van der Waals surface area contributed by atoms with E-state index in [2.05, 4.69) is 10.3 Å². The summed E-state index contributed by atoms with van der Waals surface area (Å²) in [5, 5.41) is 12.1. The number of hydrogen-bond donors (Lipinski definition) is 2. The van der Waals surface area contributed by atoms with Crippen LogP contribution in [0, 0.1) is 0 Å². The van der Waals surface area contributed by atoms with Crippen molar-refractivity contribution in [3.63, 3.8) is 0 Å². The molecule has 0 radical (unpaired) electrons. The molecule has 0 atom stereocenters. The predicted octanol–water partition coefficient (Wildman–Crippen LogP) is 2.43. The summed E-state index contributed by atoms with van der Waals surface area (Å²) in [6.45, 7) is 0.757. The third kappa shape index (κ3) is 3.31. The average molecular weight is 242 g/mol. The van der Waals surface area contributed by atoms with Crippen LogP contribution >= 0.6 is 0 Å². The van der Waals surface area contributed by atoms with Gasteiger partial charge in [0.2, 0.25) is 0 Å². The molecule has 92 valence electrons. The predicted molar refractivity (Wildman–Crippen MR) is 69.8 cm³/mol. The van der Waals surface area contributed by atoms with Crippen LogP contribution in [-0.2, 0) is 6.42 Å². The van der Waals surface area contributed by atoms with Crippen molar-refractivity contribution >= 4 is 11.7 Å². The molecule has 2 N–H and O–H groups in total. The molecule has 0 aliphatic rings. The van der Waals surface area contributed by atoms with Gasteiger partial charge in [0.1, 0.15) is 0 Å². The number of carbonyl (C=O) groups is 1. The number of pyridine rings is 1. The van der Waals surface area contributed by atoms with E-state index in [9.17, 15) is 4.79 Å². The number of aromatic carboxylic acids is 1. The highest BCUT2D eigenvalue weighted by molar-refractivity contribution is 5.87. The van der Waals surface area contributed by atoms with E-state index < -0.39 is 5.97 Å². The Balaban J connectivity index is 1.90. The fourth-order valence-corrected chi connectivity index (χ4v) is 1.68. The van der Waals surface area contributed by atoms with Crippen molar-refractivity contribution in [2.75, 3.05) is 11.9 Å². The molecule has 0 aliphatic carbocycles. The van der Waals surface area contributed by atoms with Gasteiger partial charge < -0.3 is 10.4 Å². The van der Waals surface area contributed by atoms with E-state index in [0.717, 1.165) is 24.2 Å². The van der Waals surface area contributed by atoms with Gasteiger partial charge in [-0.3, -0.25) is 4.98 Å². The number of carboxylic acid groups (broad SMARTS) is 1. The van der Waals surface area contributed by atoms with Crippen LogP contribution in [0.1, 0.15) is 15.9 Å². The lowest BCUT2D eigenvalue weighted by Gasteiger charge is -2.06. The van der Waals surface area contributed by atoms with Crippen LogP contribution in [0.3, 0.4) is 0 Å². The molecule has 0 fully saturated rings. The molecular formula is C14H14N2O2. The van der Waals surface area contributed by atoms with Crippen LogP contribution < -0.4 is 5.32 Å². The maximum atomic E-state index is 10.8. The zero-order valence-electron chi connectivity index (χ0n) is 9.84. The Hall–Kier alpha value is -2.36. The monoisotopic (exact) mass is 242 g/mol. The number of aromatic nitrogens is 1. The summed E-state index contributed by atoms with van der Waals surface area (Å²) in [7, 11) is 0. The smallest absolute Gasteiger partial charge is 0.335 e. The zero-order chi connectivity index (χ0) is 12.8. The Labute approximate surface area is 105 Å². The molecule has 4 nitrogen and oxygen atoms in total. The van der Waals surface area contributed by atoms with Crippen molar-refractivity contribution in [2.45, 2.75) is 6.42 Å². The first-order valence-electron chi connectivity index (χ1n) is 5.72. The molecule has 0 saturated heterocycles. The lowest BCUT2D eigenvalue weighted by molar-refractivity contribution is 0.0697. The number of nitrogens with zero attached hydrogens (tertiary/aromatic N) is 1. The van der Waals surface area contributed by atoms with E-state index in [-0.39, 0.29) is 0 Å². The van der Waals surface area contributed by atoms with E-state index in [1.807, 2.05) is 18.2 Å². The Morgan fingerprint density at radius 2 is 2.00 bits per heavy atom. The SMILES string of the molecule is O=C(O)c1cccc(CCNc2ccncc2)c1. The van der Waals surface area contributed by atoms with Crippen molar-refractivity contribution in [3.05, 3.63) is 59.9 Å². The van der Waals surface area contributed by atoms with Crippen molar-refractivity contribution in [1.82, 2.24) is 4.98 Å². The van der Waals surface area contributed by atoms with E-state index >= 15 is 0 Å². The first-order valence-corrected chi connectivity index (χ1v) is 5.72. The van der Waals surface area contributed by atoms with Crippen molar-refractivity contribution in [3.8, 4) is 0 Å². The standard InChI is InChI=1S/C14H14N2O2/c17-14(18)12-3-1-2-11(10-12)4-9-16-13-5-7-15-8-6-13/h1-3,5-8,10H,4,9H2,(H,15,16)(H,17,18). The Kier molecular flexibility index (Phi) is 3.91. The van der Waals surface area contributed by atoms with Gasteiger partial charge in [0.05, 0.1) is 5.56 Å². The fourth-order valence-electron chi connectivity index (χ4n) is 1.68. The molecule has 0 unspecified atom stereocenters. The minimum atomic E-state index is -0.890. The first-order chi connectivity index (χ1) is 8.75. The van der Waals surface area contributed by atoms with E-state index in [4.69, 9.17) is 5.11 Å². The molecule has 0 spiro atoms. The van der Waals surface area contributed by atoms with Gasteiger partial charge >= 0.3 is 5.97 Å². The minimum Gasteiger partial charge on any atom is -0.478 e. The Morgan fingerprint density at radius 1 is 1.22 bits per heavy atom. The van der Waals surface area contributed by atoms with Gasteiger partial charge in [0, 0.05) is 24.6 Å². The summed E-state index contributed by atoms with van der Waals surface area (Å²) in [4.78, 5) is 14.8. The molecule has 1 heterocycles. The number of carboxylic acids is 1. The number of nitrogens with one attached hydrogen (secondary N) is 1. The number of anilines is 1. The molecule has 2 aromatic rings. The van der Waals surface area contributed by atoms with E-state index in [1.54, 1.807) is 30.6 Å². The molecule has 0 aliphatic heterocycles. The molecule has 0 saturated carbocycles. The molecular weight excluding hydrogens is 228 g/mol. The van der Waals surface area contributed by atoms with E-state index in [0.29, 0.717) is 5.56 Å². The van der Waals surface area contributed by atoms with Crippen LogP contribution in [0.2, 0.25) is 0 Å². The maximum absolute atomic E-state index is 10.8. The van der Waals surface area contributed by atoms with E-state index in [1.165, 1.54) is 0 Å². The summed E-state index contributed by atoms with van der Waals surface area (Å²) < 4.78 is 0. The number of rotatable bonds is 5. The Morgan fingerprint density at radius 3 is 2.72 bits per heavy atom. The average Bonchev–Trinajstić information content (AvgIpc) is 2.40. The van der Waals surface area contributed by atoms with Gasteiger partial charge in [0.25, 0.3) is 0 Å². The molecule has 2 rings (SSSR count). The largest absolute Gasteiger partial charge is 0.478 e. The van der Waals surface area contributed by atoms with Crippen LogP contribution in [0.15, 0.2) is 48.8 Å². The van der Waals surface area contributed by atoms with Crippen molar-refractivity contribution < 1.29 is 9.90 Å². The van der Waals surface area contributed by atoms with Gasteiger partial charge in [-0.2, -0.15) is 0 Å². The normalized spacial score (nSPS) is 10.0. The number of benzene rings is 1. The van der Waals surface area contributed by atoms with Gasteiger partial charge in [-0.25, -0.2) is 4.79 Å². The molecule has 0 bridgehead atoms. The number of hydrogen-bond acceptors (Lipinski definition) is 3. The van der Waals surface area contributed by atoms with Gasteiger partial charge in [-0.1, -0.05) is 12.1 Å². The summed E-state index contributed by atoms with van der Waals surface area (Å²) in [6.07, 6.45) is 4.24. The van der Waals surface area contributed by atoms with Crippen molar-refractivity contribution in [2.24, 2.45) is 0 Å². The third-order valence-electron chi connectivity index (χ3n) is 2.60. The topological polar surface area (TPSA) is 62.2 Å². The molecule has 1 aromatic heterocycles. The minimum absolute atomic E-state index is 0.330. The summed E-state index contributed by atoms with van der Waals surface area (Å²) in [5.41, 5.74) is 2.35. The van der Waals surface area contributed by atoms with Gasteiger partial charge in [-0.15, -0.1) is 0 Å². The van der Waals surface area contributed by atoms with Crippen molar-refractivity contribution in [1.29, 1.82) is 0 Å². The second-order valence-corrected chi connectivity index (χ2v) is 3.92. The first kappa shape index (κ1) is 12.1. The van der Waals surface area contributed by atoms with Crippen LogP contribution in [0.5, 0.6) is 0 Å². The lowest BCUT2D eigenvalue weighted by Crippen LogP contribution is -2.05. The Bertz CT molecular complexity index is 526. The highest BCUT2D eigenvalue weighted by Gasteiger charge is 2.02. The lowest BCUT2D eigenvalue weighted by atomic mass is 10.1. The molecule has 18 heavy (non-hydrogen) atoms. The highest BCUT2D eigenvalue weighted by Crippen LogP contribution is 2.08. The van der Waals surface area contributed by atoms with Gasteiger partial charge in [0.15, 0.2) is 0 Å². The summed E-state index contributed by atoms with van der Waals surface area (Å²) in [6, 6.07) is 10.8. The van der Waals surface area contributed by atoms with Crippen LogP contribution in [0.4, 0.5) is 5.69 Å². The zero-order valence-corrected chi connectivity index (χ0v) is 9.84. The summed E-state index contributed by atoms with van der Waals surface area (Å²) in [5.74, 6) is -0.890. The molecule has 4 heteroatoms.